The molecule has 5 N–H and O–H groups in total. The van der Waals surface area contributed by atoms with Gasteiger partial charge in [0.25, 0.3) is 0 Å². The van der Waals surface area contributed by atoms with Crippen molar-refractivity contribution in [3.8, 4) is 5.75 Å². The van der Waals surface area contributed by atoms with E-state index in [0.29, 0.717) is 16.1 Å². The van der Waals surface area contributed by atoms with Crippen molar-refractivity contribution in [2.24, 2.45) is 0 Å². The number of hydrogen-bond donors (Lipinski definition) is 5. The molecule has 34 heavy (non-hydrogen) atoms. The summed E-state index contributed by atoms with van der Waals surface area (Å²) in [5.74, 6) is -2.39. The maximum absolute atomic E-state index is 11.4. The van der Waals surface area contributed by atoms with E-state index in [2.05, 4.69) is 0 Å². The Kier molecular flexibility index (Phi) is 7.81. The number of aliphatic carboxylic acids is 2. The summed E-state index contributed by atoms with van der Waals surface area (Å²) in [6, 6.07) is 12.8. The fourth-order valence-corrected chi connectivity index (χ4v) is 3.46. The molecular weight excluding hydrogens is 472 g/mol. The third-order valence-corrected chi connectivity index (χ3v) is 5.58. The van der Waals surface area contributed by atoms with Gasteiger partial charge in [-0.25, -0.2) is 9.59 Å². The molecule has 3 rings (SSSR count). The second-order valence-corrected chi connectivity index (χ2v) is 8.73. The van der Waals surface area contributed by atoms with Gasteiger partial charge in [0, 0.05) is 5.02 Å². The van der Waals surface area contributed by atoms with Crippen LogP contribution in [0.5, 0.6) is 5.75 Å². The van der Waals surface area contributed by atoms with Gasteiger partial charge in [-0.2, -0.15) is 0 Å². The molecule has 0 radical (unpaired) electrons. The van der Waals surface area contributed by atoms with Crippen LogP contribution in [0, 0.1) is 0 Å². The minimum absolute atomic E-state index is 0.282. The van der Waals surface area contributed by atoms with Crippen molar-refractivity contribution in [3.63, 3.8) is 0 Å². The highest BCUT2D eigenvalue weighted by Gasteiger charge is 2.48. The second-order valence-electron chi connectivity index (χ2n) is 8.29. The minimum atomic E-state index is -1.85. The van der Waals surface area contributed by atoms with Gasteiger partial charge >= 0.3 is 11.9 Å². The molecule has 10 nitrogen and oxygen atoms in total. The molecule has 6 atom stereocenters. The van der Waals surface area contributed by atoms with Gasteiger partial charge in [-0.3, -0.25) is 0 Å². The molecule has 1 aliphatic heterocycles. The van der Waals surface area contributed by atoms with Crippen molar-refractivity contribution in [1.82, 2.24) is 0 Å². The average Bonchev–Trinajstić information content (AvgIpc) is 2.78. The number of aliphatic hydroxyl groups is 3. The summed E-state index contributed by atoms with van der Waals surface area (Å²) in [6.45, 7) is 2.81. The number of halogens is 1. The summed E-state index contributed by atoms with van der Waals surface area (Å²) >= 11 is 5.98. The van der Waals surface area contributed by atoms with E-state index in [9.17, 15) is 35.1 Å². The molecule has 0 saturated carbocycles. The molecule has 0 bridgehead atoms. The van der Waals surface area contributed by atoms with Crippen molar-refractivity contribution in [2.75, 3.05) is 0 Å². The fraction of sp³-hybridized carbons (Fsp3) is 0.391. The molecule has 1 fully saturated rings. The molecule has 0 aliphatic carbocycles. The van der Waals surface area contributed by atoms with Crippen LogP contribution in [0.4, 0.5) is 0 Å². The zero-order valence-electron chi connectivity index (χ0n) is 18.2. The number of ether oxygens (including phenoxy) is 3. The maximum Gasteiger partial charge on any atom is 0.347 e. The predicted molar refractivity (Wildman–Crippen MR) is 117 cm³/mol. The summed E-state index contributed by atoms with van der Waals surface area (Å²) < 4.78 is 16.7. The molecule has 11 heteroatoms. The topological polar surface area (TPSA) is 163 Å². The van der Waals surface area contributed by atoms with E-state index in [0.717, 1.165) is 0 Å². The SMILES string of the molecule is CC(C)(Oc1ccc([C@H](O[C@H]2O[C@H](C(=O)O)[C@H](O)[C@@H](O)[C@@H]2O)c2ccc(Cl)cc2)cc1)C(=O)O. The molecule has 184 valence electrons. The molecule has 0 spiro atoms. The van der Waals surface area contributed by atoms with Gasteiger partial charge in [0.05, 0.1) is 0 Å². The van der Waals surface area contributed by atoms with E-state index in [4.69, 9.17) is 25.8 Å². The average molecular weight is 497 g/mol. The molecule has 1 aliphatic rings. The number of aliphatic hydroxyl groups excluding tert-OH is 3. The van der Waals surface area contributed by atoms with E-state index in [-0.39, 0.29) is 5.75 Å². The molecular formula is C23H25ClO10. The molecule has 2 aromatic carbocycles. The third kappa shape index (κ3) is 5.66. The lowest BCUT2D eigenvalue weighted by atomic mass is 9.97. The van der Waals surface area contributed by atoms with E-state index in [1.807, 2.05) is 0 Å². The first-order valence-electron chi connectivity index (χ1n) is 10.3. The van der Waals surface area contributed by atoms with Crippen LogP contribution in [-0.4, -0.2) is 73.8 Å². The van der Waals surface area contributed by atoms with Gasteiger partial charge in [0.15, 0.2) is 18.0 Å². The quantitative estimate of drug-likeness (QED) is 0.362. The Morgan fingerprint density at radius 1 is 0.912 bits per heavy atom. The summed E-state index contributed by atoms with van der Waals surface area (Å²) in [5, 5.41) is 49.4. The normalized spacial score (nSPS) is 26.0. The smallest absolute Gasteiger partial charge is 0.347 e. The Hall–Kier alpha value is -2.73. The number of carboxylic acids is 2. The Balaban J connectivity index is 1.91. The lowest BCUT2D eigenvalue weighted by Gasteiger charge is -2.40. The van der Waals surface area contributed by atoms with Crippen molar-refractivity contribution < 1.29 is 49.3 Å². The first-order valence-corrected chi connectivity index (χ1v) is 10.6. The first kappa shape index (κ1) is 25.9. The van der Waals surface area contributed by atoms with Gasteiger partial charge in [-0.1, -0.05) is 35.9 Å². The summed E-state index contributed by atoms with van der Waals surface area (Å²) in [4.78, 5) is 22.7. The first-order chi connectivity index (χ1) is 15.9. The number of carboxylic acid groups (broad SMARTS) is 2. The second kappa shape index (κ2) is 10.3. The van der Waals surface area contributed by atoms with Crippen molar-refractivity contribution >= 4 is 23.5 Å². The van der Waals surface area contributed by atoms with Crippen LogP contribution in [0.3, 0.4) is 0 Å². The van der Waals surface area contributed by atoms with Gasteiger partial charge < -0.3 is 39.7 Å². The Labute approximate surface area is 199 Å². The van der Waals surface area contributed by atoms with Gasteiger partial charge in [0.1, 0.15) is 30.2 Å². The number of rotatable bonds is 8. The van der Waals surface area contributed by atoms with Crippen LogP contribution in [0.2, 0.25) is 5.02 Å². The Morgan fingerprint density at radius 3 is 1.94 bits per heavy atom. The van der Waals surface area contributed by atoms with Crippen LogP contribution in [0.15, 0.2) is 48.5 Å². The van der Waals surface area contributed by atoms with Crippen molar-refractivity contribution in [1.29, 1.82) is 0 Å². The molecule has 2 aromatic rings. The minimum Gasteiger partial charge on any atom is -0.479 e. The zero-order chi connectivity index (χ0) is 25.2. The van der Waals surface area contributed by atoms with Crippen LogP contribution >= 0.6 is 11.6 Å². The predicted octanol–water partition coefficient (Wildman–Crippen LogP) is 1.58. The lowest BCUT2D eigenvalue weighted by molar-refractivity contribution is -0.302. The van der Waals surface area contributed by atoms with Crippen LogP contribution in [0.1, 0.15) is 31.1 Å². The van der Waals surface area contributed by atoms with E-state index < -0.39 is 54.3 Å². The van der Waals surface area contributed by atoms with E-state index in [1.165, 1.54) is 26.0 Å². The molecule has 0 unspecified atom stereocenters. The van der Waals surface area contributed by atoms with E-state index >= 15 is 0 Å². The summed E-state index contributed by atoms with van der Waals surface area (Å²) in [7, 11) is 0. The van der Waals surface area contributed by atoms with Gasteiger partial charge in [-0.05, 0) is 49.2 Å². The van der Waals surface area contributed by atoms with Gasteiger partial charge in [-0.15, -0.1) is 0 Å². The molecule has 1 heterocycles. The van der Waals surface area contributed by atoms with Crippen LogP contribution in [0.25, 0.3) is 0 Å². The molecule has 0 amide bonds. The largest absolute Gasteiger partial charge is 0.479 e. The van der Waals surface area contributed by atoms with E-state index in [1.54, 1.807) is 36.4 Å². The standard InChI is InChI=1S/C23H25ClO10/c1-23(2,22(30)31)34-14-9-5-12(6-10-14)18(11-3-7-13(24)8-4-11)32-21-17(27)15(25)16(26)19(33-21)20(28)29/h3-10,15-19,21,25-27H,1-2H3,(H,28,29)(H,30,31)/t15-,16-,17+,18-,19+,21+/m1/s1. The fourth-order valence-electron chi connectivity index (χ4n) is 3.33. The number of benzene rings is 2. The molecule has 0 aromatic heterocycles. The maximum atomic E-state index is 11.4. The lowest BCUT2D eigenvalue weighted by Crippen LogP contribution is -2.60. The van der Waals surface area contributed by atoms with Crippen LogP contribution in [-0.2, 0) is 19.1 Å². The third-order valence-electron chi connectivity index (χ3n) is 5.33. The molecule has 1 saturated heterocycles. The summed E-state index contributed by atoms with van der Waals surface area (Å²) in [6.07, 6.45) is -9.74. The van der Waals surface area contributed by atoms with Gasteiger partial charge in [0.2, 0.25) is 0 Å². The highest BCUT2D eigenvalue weighted by molar-refractivity contribution is 6.30. The van der Waals surface area contributed by atoms with Crippen molar-refractivity contribution in [2.45, 2.75) is 56.3 Å². The summed E-state index contributed by atoms with van der Waals surface area (Å²) in [5.41, 5.74) is -0.380. The number of hydrogen-bond acceptors (Lipinski definition) is 8. The Morgan fingerprint density at radius 2 is 1.44 bits per heavy atom. The zero-order valence-corrected chi connectivity index (χ0v) is 19.0. The van der Waals surface area contributed by atoms with Crippen LogP contribution < -0.4 is 4.74 Å². The van der Waals surface area contributed by atoms with Crippen molar-refractivity contribution in [3.05, 3.63) is 64.7 Å². The Bertz CT molecular complexity index is 1010. The number of carbonyl (C=O) groups is 2. The highest BCUT2D eigenvalue weighted by Crippen LogP contribution is 2.33. The highest BCUT2D eigenvalue weighted by atomic mass is 35.5. The monoisotopic (exact) mass is 496 g/mol.